The largest absolute Gasteiger partial charge is 0.468 e. The molecule has 0 aliphatic carbocycles. The number of ether oxygens (including phenoxy) is 2. The van der Waals surface area contributed by atoms with Crippen molar-refractivity contribution in [2.75, 3.05) is 20.3 Å². The maximum Gasteiger partial charge on any atom is 0.406 e. The summed E-state index contributed by atoms with van der Waals surface area (Å²) >= 11 is 16.9. The normalized spacial score (nSPS) is 21.6. The lowest BCUT2D eigenvalue weighted by Gasteiger charge is -2.25. The third kappa shape index (κ3) is 7.73. The number of nitrogens with one attached hydrogen (secondary N) is 2. The van der Waals surface area contributed by atoms with Gasteiger partial charge in [0.2, 0.25) is 3.79 Å². The van der Waals surface area contributed by atoms with E-state index in [9.17, 15) is 18.9 Å². The first-order chi connectivity index (χ1) is 14.3. The van der Waals surface area contributed by atoms with Crippen LogP contribution in [0.25, 0.3) is 0 Å². The minimum atomic E-state index is -4.14. The van der Waals surface area contributed by atoms with E-state index in [0.29, 0.717) is 5.56 Å². The van der Waals surface area contributed by atoms with Crippen LogP contribution in [0, 0.1) is 6.92 Å². The van der Waals surface area contributed by atoms with Crippen LogP contribution in [-0.4, -0.2) is 51.8 Å². The molecule has 2 heterocycles. The Morgan fingerprint density at radius 2 is 2.03 bits per heavy atom. The number of aryl methyl sites for hydroxylation is 1. The quantitative estimate of drug-likeness (QED) is 0.216. The van der Waals surface area contributed by atoms with Crippen LogP contribution in [0.3, 0.4) is 0 Å². The number of H-pyrrole nitrogens is 1. The smallest absolute Gasteiger partial charge is 0.406 e. The molecule has 1 aromatic heterocycles. The number of alkyl halides is 3. The standard InChI is InChI=1S/C16H21Cl3N3O8P/c1-9-6-22(15(25)20-13(9)23)12-5-4-11(30-12)7-28-31(26,29-8-16(17,18)19)21-10(2)14(24)27-3/h4-6,10-12H,7-8H2,1-3H3,(H,21,26)(H,20,23,25). The Bertz CT molecular complexity index is 990. The highest BCUT2D eigenvalue weighted by Crippen LogP contribution is 2.47. The summed E-state index contributed by atoms with van der Waals surface area (Å²) in [5.74, 6) is -0.716. The van der Waals surface area contributed by atoms with Crippen molar-refractivity contribution in [3.05, 3.63) is 44.8 Å². The lowest BCUT2D eigenvalue weighted by Crippen LogP contribution is -2.35. The van der Waals surface area contributed by atoms with E-state index in [1.54, 1.807) is 19.1 Å². The molecule has 11 nitrogen and oxygen atoms in total. The molecule has 1 aliphatic heterocycles. The molecule has 0 aromatic carbocycles. The molecule has 2 rings (SSSR count). The molecule has 0 fully saturated rings. The molecule has 4 atom stereocenters. The van der Waals surface area contributed by atoms with Crippen LogP contribution in [0.5, 0.6) is 0 Å². The van der Waals surface area contributed by atoms with E-state index < -0.39 is 53.7 Å². The molecule has 174 valence electrons. The van der Waals surface area contributed by atoms with E-state index in [0.717, 1.165) is 7.11 Å². The van der Waals surface area contributed by atoms with Crippen molar-refractivity contribution >= 4 is 48.5 Å². The number of methoxy groups -OCH3 is 1. The van der Waals surface area contributed by atoms with Crippen LogP contribution >= 0.6 is 42.5 Å². The number of rotatable bonds is 9. The van der Waals surface area contributed by atoms with E-state index >= 15 is 0 Å². The number of hydrogen-bond donors (Lipinski definition) is 2. The van der Waals surface area contributed by atoms with Crippen LogP contribution in [0.1, 0.15) is 18.7 Å². The minimum absolute atomic E-state index is 0.290. The molecule has 4 unspecified atom stereocenters. The highest BCUT2D eigenvalue weighted by Gasteiger charge is 2.35. The first-order valence-electron chi connectivity index (χ1n) is 8.81. The zero-order chi connectivity index (χ0) is 23.4. The summed E-state index contributed by atoms with van der Waals surface area (Å²) in [5, 5.41) is 2.39. The molecule has 0 bridgehead atoms. The Balaban J connectivity index is 2.06. The zero-order valence-electron chi connectivity index (χ0n) is 16.7. The molecule has 0 saturated carbocycles. The molecule has 2 N–H and O–H groups in total. The van der Waals surface area contributed by atoms with Gasteiger partial charge in [0.1, 0.15) is 18.8 Å². The van der Waals surface area contributed by atoms with Crippen LogP contribution in [0.4, 0.5) is 0 Å². The maximum absolute atomic E-state index is 13.0. The second-order valence-electron chi connectivity index (χ2n) is 6.48. The van der Waals surface area contributed by atoms with Crippen LogP contribution in [0.2, 0.25) is 0 Å². The highest BCUT2D eigenvalue weighted by atomic mass is 35.6. The second kappa shape index (κ2) is 10.6. The molecule has 0 amide bonds. The topological polar surface area (TPSA) is 138 Å². The van der Waals surface area contributed by atoms with Crippen molar-refractivity contribution in [3.63, 3.8) is 0 Å². The van der Waals surface area contributed by atoms with E-state index in [-0.39, 0.29) is 6.61 Å². The van der Waals surface area contributed by atoms with E-state index in [2.05, 4.69) is 14.8 Å². The fraction of sp³-hybridized carbons (Fsp3) is 0.562. The van der Waals surface area contributed by atoms with Gasteiger partial charge in [-0.05, 0) is 19.9 Å². The lowest BCUT2D eigenvalue weighted by atomic mass is 10.3. The monoisotopic (exact) mass is 519 g/mol. The van der Waals surface area contributed by atoms with Crippen molar-refractivity contribution in [1.82, 2.24) is 14.6 Å². The van der Waals surface area contributed by atoms with Crippen LogP contribution in [-0.2, 0) is 27.9 Å². The molecule has 1 aliphatic rings. The van der Waals surface area contributed by atoms with Crippen LogP contribution in [0.15, 0.2) is 27.9 Å². The van der Waals surface area contributed by atoms with Gasteiger partial charge in [-0.25, -0.2) is 14.4 Å². The number of hydrogen-bond acceptors (Lipinski definition) is 8. The molecular formula is C16H21Cl3N3O8P. The molecule has 15 heteroatoms. The second-order valence-corrected chi connectivity index (χ2v) is 10.8. The van der Waals surface area contributed by atoms with Gasteiger partial charge >= 0.3 is 19.4 Å². The Morgan fingerprint density at radius 1 is 1.35 bits per heavy atom. The fourth-order valence-electron chi connectivity index (χ4n) is 2.43. The molecule has 0 spiro atoms. The number of esters is 1. The van der Waals surface area contributed by atoms with Gasteiger partial charge < -0.3 is 9.47 Å². The summed E-state index contributed by atoms with van der Waals surface area (Å²) in [6.07, 6.45) is 2.93. The molecule has 0 radical (unpaired) electrons. The SMILES string of the molecule is COC(=O)C(C)NP(=O)(OCC1C=CC(n2cc(C)c(=O)[nH]c2=O)O1)OCC(Cl)(Cl)Cl. The molecule has 1 aromatic rings. The summed E-state index contributed by atoms with van der Waals surface area (Å²) < 4.78 is 33.0. The third-order valence-corrected chi connectivity index (χ3v) is 5.93. The van der Waals surface area contributed by atoms with Gasteiger partial charge in [0.15, 0.2) is 6.23 Å². The van der Waals surface area contributed by atoms with E-state index in [4.69, 9.17) is 48.6 Å². The molecule has 0 saturated heterocycles. The summed E-state index contributed by atoms with van der Waals surface area (Å²) in [6, 6.07) is -1.05. The van der Waals surface area contributed by atoms with Crippen molar-refractivity contribution in [3.8, 4) is 0 Å². The predicted octanol–water partition coefficient (Wildman–Crippen LogP) is 1.96. The van der Waals surface area contributed by atoms with Crippen molar-refractivity contribution in [1.29, 1.82) is 0 Å². The minimum Gasteiger partial charge on any atom is -0.468 e. The third-order valence-electron chi connectivity index (χ3n) is 3.94. The average Bonchev–Trinajstić information content (AvgIpc) is 3.15. The number of carbonyl (C=O) groups excluding carboxylic acids is 1. The average molecular weight is 521 g/mol. The summed E-state index contributed by atoms with van der Waals surface area (Å²) in [5.41, 5.74) is -0.833. The number of aromatic nitrogens is 2. The maximum atomic E-state index is 13.0. The number of halogens is 3. The summed E-state index contributed by atoms with van der Waals surface area (Å²) in [4.78, 5) is 37.3. The molecule has 31 heavy (non-hydrogen) atoms. The van der Waals surface area contributed by atoms with Crippen LogP contribution < -0.4 is 16.3 Å². The van der Waals surface area contributed by atoms with Gasteiger partial charge in [0, 0.05) is 11.8 Å². The van der Waals surface area contributed by atoms with E-state index in [1.807, 2.05) is 0 Å². The van der Waals surface area contributed by atoms with Crippen molar-refractivity contribution < 1.29 is 27.9 Å². The van der Waals surface area contributed by atoms with Gasteiger partial charge in [-0.2, -0.15) is 0 Å². The number of carbonyl (C=O) groups is 1. The molecular weight excluding hydrogens is 500 g/mol. The predicted molar refractivity (Wildman–Crippen MR) is 114 cm³/mol. The summed E-state index contributed by atoms with van der Waals surface area (Å²) in [7, 11) is -2.98. The van der Waals surface area contributed by atoms with E-state index in [1.165, 1.54) is 17.7 Å². The Labute approximate surface area is 192 Å². The Hall–Kier alpha value is -1.17. The lowest BCUT2D eigenvalue weighted by molar-refractivity contribution is -0.142. The number of nitrogens with zero attached hydrogens (tertiary/aromatic N) is 1. The first kappa shape index (κ1) is 26.1. The van der Waals surface area contributed by atoms with Gasteiger partial charge in [-0.3, -0.25) is 28.2 Å². The van der Waals surface area contributed by atoms with Gasteiger partial charge in [0.05, 0.1) is 13.7 Å². The van der Waals surface area contributed by atoms with Gasteiger partial charge in [0.25, 0.3) is 5.56 Å². The first-order valence-corrected chi connectivity index (χ1v) is 11.5. The summed E-state index contributed by atoms with van der Waals surface area (Å²) in [6.45, 7) is 2.04. The Morgan fingerprint density at radius 3 is 2.65 bits per heavy atom. The van der Waals surface area contributed by atoms with Gasteiger partial charge in [-0.15, -0.1) is 0 Å². The van der Waals surface area contributed by atoms with Gasteiger partial charge in [-0.1, -0.05) is 40.9 Å². The highest BCUT2D eigenvalue weighted by molar-refractivity contribution is 7.51. The zero-order valence-corrected chi connectivity index (χ0v) is 19.8. The number of aromatic amines is 1. The fourth-order valence-corrected chi connectivity index (χ4v) is 4.33. The Kier molecular flexibility index (Phi) is 8.95. The van der Waals surface area contributed by atoms with Crippen molar-refractivity contribution in [2.45, 2.75) is 36.0 Å². The van der Waals surface area contributed by atoms with Crippen molar-refractivity contribution in [2.24, 2.45) is 0 Å².